The van der Waals surface area contributed by atoms with Gasteiger partial charge in [0.2, 0.25) is 0 Å². The van der Waals surface area contributed by atoms with Crippen LogP contribution in [0, 0.1) is 0 Å². The molecule has 1 heterocycles. The van der Waals surface area contributed by atoms with Crippen molar-refractivity contribution in [2.45, 2.75) is 13.5 Å². The summed E-state index contributed by atoms with van der Waals surface area (Å²) in [5, 5.41) is 1.78. The van der Waals surface area contributed by atoms with Crippen molar-refractivity contribution in [2.24, 2.45) is 0 Å². The highest BCUT2D eigenvalue weighted by Crippen LogP contribution is 2.31. The number of halogens is 1. The molecule has 120 valence electrons. The zero-order valence-corrected chi connectivity index (χ0v) is 14.3. The normalized spacial score (nSPS) is 11.3. The third kappa shape index (κ3) is 3.69. The maximum Gasteiger partial charge on any atom is 0.146 e. The summed E-state index contributed by atoms with van der Waals surface area (Å²) in [6, 6.07) is 16.4. The maximum atomic E-state index is 6.17. The van der Waals surface area contributed by atoms with Gasteiger partial charge in [-0.2, -0.15) is 0 Å². The summed E-state index contributed by atoms with van der Waals surface area (Å²) in [5.74, 6) is 0.874. The molecule has 0 radical (unpaired) electrons. The largest absolute Gasteiger partial charge is 0.476 e. The van der Waals surface area contributed by atoms with E-state index in [-0.39, 0.29) is 0 Å². The molecule has 0 aliphatic rings. The van der Waals surface area contributed by atoms with Gasteiger partial charge in [0.25, 0.3) is 0 Å². The first-order valence-corrected chi connectivity index (χ1v) is 8.19. The van der Waals surface area contributed by atoms with Gasteiger partial charge in [0, 0.05) is 23.2 Å². The Morgan fingerprint density at radius 2 is 1.91 bits per heavy atom. The van der Waals surface area contributed by atoms with Crippen LogP contribution in [0.3, 0.4) is 0 Å². The standard InChI is InChI=1S/C19H21ClN2O/c1-3-21(2)14-23-19-13-22(12-15-7-5-4-6-8-15)18-10-9-16(20)11-17(18)19/h4-11,13H,3,12,14H2,1-2H3. The molecule has 3 aromatic rings. The summed E-state index contributed by atoms with van der Waals surface area (Å²) in [4.78, 5) is 2.12. The van der Waals surface area contributed by atoms with Crippen molar-refractivity contribution >= 4 is 22.5 Å². The molecular formula is C19H21ClN2O. The lowest BCUT2D eigenvalue weighted by Crippen LogP contribution is -2.22. The van der Waals surface area contributed by atoms with Crippen LogP contribution >= 0.6 is 11.6 Å². The molecule has 0 unspecified atom stereocenters. The third-order valence-corrected chi connectivity index (χ3v) is 4.22. The maximum absolute atomic E-state index is 6.17. The van der Waals surface area contributed by atoms with Gasteiger partial charge in [0.1, 0.15) is 12.5 Å². The lowest BCUT2D eigenvalue weighted by atomic mass is 10.2. The Labute approximate surface area is 142 Å². The van der Waals surface area contributed by atoms with Gasteiger partial charge in [-0.3, -0.25) is 4.90 Å². The predicted molar refractivity (Wildman–Crippen MR) is 96.3 cm³/mol. The third-order valence-electron chi connectivity index (χ3n) is 3.98. The number of fused-ring (bicyclic) bond motifs is 1. The molecule has 0 fully saturated rings. The molecule has 0 bridgehead atoms. The van der Waals surface area contributed by atoms with Gasteiger partial charge < -0.3 is 9.30 Å². The number of nitrogens with zero attached hydrogens (tertiary/aromatic N) is 2. The first kappa shape index (κ1) is 15.9. The predicted octanol–water partition coefficient (Wildman–Crippen LogP) is 4.63. The van der Waals surface area contributed by atoms with Crippen LogP contribution in [-0.2, 0) is 6.54 Å². The van der Waals surface area contributed by atoms with Crippen LogP contribution in [0.2, 0.25) is 5.02 Å². The molecule has 0 spiro atoms. The van der Waals surface area contributed by atoms with E-state index in [9.17, 15) is 0 Å². The molecule has 0 aliphatic carbocycles. The van der Waals surface area contributed by atoms with Crippen LogP contribution in [0.15, 0.2) is 54.7 Å². The van der Waals surface area contributed by atoms with E-state index in [1.807, 2.05) is 25.2 Å². The molecule has 4 heteroatoms. The Morgan fingerprint density at radius 1 is 1.13 bits per heavy atom. The van der Waals surface area contributed by atoms with Gasteiger partial charge in [-0.1, -0.05) is 48.9 Å². The number of hydrogen-bond donors (Lipinski definition) is 0. The molecule has 0 saturated heterocycles. The molecule has 3 rings (SSSR count). The average Bonchev–Trinajstić information content (AvgIpc) is 2.90. The molecule has 0 saturated carbocycles. The van der Waals surface area contributed by atoms with Crippen LogP contribution in [-0.4, -0.2) is 29.8 Å². The average molecular weight is 329 g/mol. The van der Waals surface area contributed by atoms with E-state index in [2.05, 4.69) is 52.9 Å². The second-order valence-electron chi connectivity index (χ2n) is 5.71. The summed E-state index contributed by atoms with van der Waals surface area (Å²) < 4.78 is 8.20. The topological polar surface area (TPSA) is 17.4 Å². The molecule has 1 aromatic heterocycles. The summed E-state index contributed by atoms with van der Waals surface area (Å²) in [7, 11) is 2.04. The van der Waals surface area contributed by atoms with Crippen LogP contribution in [0.25, 0.3) is 10.9 Å². The molecular weight excluding hydrogens is 308 g/mol. The van der Waals surface area contributed by atoms with Gasteiger partial charge >= 0.3 is 0 Å². The fraction of sp³-hybridized carbons (Fsp3) is 0.263. The first-order valence-electron chi connectivity index (χ1n) is 7.81. The van der Waals surface area contributed by atoms with Crippen molar-refractivity contribution in [1.82, 2.24) is 9.47 Å². The highest BCUT2D eigenvalue weighted by Gasteiger charge is 2.11. The van der Waals surface area contributed by atoms with Crippen molar-refractivity contribution in [1.29, 1.82) is 0 Å². The summed E-state index contributed by atoms with van der Waals surface area (Å²) in [5.41, 5.74) is 2.39. The van der Waals surface area contributed by atoms with Crippen LogP contribution < -0.4 is 4.74 Å². The van der Waals surface area contributed by atoms with E-state index in [0.29, 0.717) is 6.73 Å². The molecule has 0 atom stereocenters. The Morgan fingerprint density at radius 3 is 2.65 bits per heavy atom. The summed E-state index contributed by atoms with van der Waals surface area (Å²) in [6.07, 6.45) is 2.07. The Bertz CT molecular complexity index is 783. The number of aromatic nitrogens is 1. The summed E-state index contributed by atoms with van der Waals surface area (Å²) in [6.45, 7) is 4.43. The van der Waals surface area contributed by atoms with E-state index >= 15 is 0 Å². The van der Waals surface area contributed by atoms with Gasteiger partial charge in [0.15, 0.2) is 0 Å². The number of hydrogen-bond acceptors (Lipinski definition) is 2. The van der Waals surface area contributed by atoms with Crippen LogP contribution in [0.5, 0.6) is 5.75 Å². The second kappa shape index (κ2) is 7.07. The number of benzene rings is 2. The molecule has 3 nitrogen and oxygen atoms in total. The monoisotopic (exact) mass is 328 g/mol. The van der Waals surface area contributed by atoms with Gasteiger partial charge in [-0.25, -0.2) is 0 Å². The van der Waals surface area contributed by atoms with Gasteiger partial charge in [-0.15, -0.1) is 0 Å². The van der Waals surface area contributed by atoms with E-state index < -0.39 is 0 Å². The lowest BCUT2D eigenvalue weighted by molar-refractivity contribution is 0.160. The second-order valence-corrected chi connectivity index (χ2v) is 6.15. The lowest BCUT2D eigenvalue weighted by Gasteiger charge is -2.14. The zero-order chi connectivity index (χ0) is 16.2. The first-order chi connectivity index (χ1) is 11.2. The van der Waals surface area contributed by atoms with Crippen LogP contribution in [0.1, 0.15) is 12.5 Å². The van der Waals surface area contributed by atoms with E-state index in [0.717, 1.165) is 34.8 Å². The van der Waals surface area contributed by atoms with E-state index in [4.69, 9.17) is 16.3 Å². The van der Waals surface area contributed by atoms with E-state index in [1.165, 1.54) is 5.56 Å². The molecule has 0 N–H and O–H groups in total. The van der Waals surface area contributed by atoms with Crippen molar-refractivity contribution in [3.63, 3.8) is 0 Å². The van der Waals surface area contributed by atoms with Crippen LogP contribution in [0.4, 0.5) is 0 Å². The minimum Gasteiger partial charge on any atom is -0.476 e. The minimum absolute atomic E-state index is 0.563. The zero-order valence-electron chi connectivity index (χ0n) is 13.5. The minimum atomic E-state index is 0.563. The van der Waals surface area contributed by atoms with E-state index in [1.54, 1.807) is 0 Å². The quantitative estimate of drug-likeness (QED) is 0.614. The molecule has 0 aliphatic heterocycles. The highest BCUT2D eigenvalue weighted by atomic mass is 35.5. The Kier molecular flexibility index (Phi) is 4.89. The molecule has 2 aromatic carbocycles. The Balaban J connectivity index is 1.95. The fourth-order valence-corrected chi connectivity index (χ4v) is 2.71. The molecule has 23 heavy (non-hydrogen) atoms. The van der Waals surface area contributed by atoms with Gasteiger partial charge in [-0.05, 0) is 37.4 Å². The Hall–Kier alpha value is -1.97. The number of rotatable bonds is 6. The van der Waals surface area contributed by atoms with Gasteiger partial charge in [0.05, 0.1) is 5.52 Å². The summed E-state index contributed by atoms with van der Waals surface area (Å²) >= 11 is 6.17. The van der Waals surface area contributed by atoms with Crippen molar-refractivity contribution < 1.29 is 4.74 Å². The fourth-order valence-electron chi connectivity index (χ4n) is 2.53. The molecule has 0 amide bonds. The van der Waals surface area contributed by atoms with Crippen molar-refractivity contribution in [2.75, 3.05) is 20.3 Å². The number of ether oxygens (including phenoxy) is 1. The van der Waals surface area contributed by atoms with Crippen molar-refractivity contribution in [3.8, 4) is 5.75 Å². The highest BCUT2D eigenvalue weighted by molar-refractivity contribution is 6.31. The smallest absolute Gasteiger partial charge is 0.146 e. The van der Waals surface area contributed by atoms with Crippen molar-refractivity contribution in [3.05, 3.63) is 65.3 Å². The SMILES string of the molecule is CCN(C)COc1cn(Cc2ccccc2)c2ccc(Cl)cc12.